The summed E-state index contributed by atoms with van der Waals surface area (Å²) < 4.78 is 18.8. The van der Waals surface area contributed by atoms with Crippen LogP contribution in [-0.2, 0) is 0 Å². The van der Waals surface area contributed by atoms with Gasteiger partial charge in [-0.05, 0) is 37.1 Å². The maximum absolute atomic E-state index is 13.5. The molecule has 1 atom stereocenters. The van der Waals surface area contributed by atoms with E-state index in [1.54, 1.807) is 12.1 Å². The van der Waals surface area contributed by atoms with Crippen molar-refractivity contribution in [3.8, 4) is 5.75 Å². The first-order valence-corrected chi connectivity index (χ1v) is 6.20. The van der Waals surface area contributed by atoms with Crippen molar-refractivity contribution >= 4 is 0 Å². The molecule has 0 aliphatic rings. The van der Waals surface area contributed by atoms with Crippen LogP contribution in [0.3, 0.4) is 0 Å². The van der Waals surface area contributed by atoms with E-state index in [2.05, 4.69) is 0 Å². The summed E-state index contributed by atoms with van der Waals surface area (Å²) in [6.07, 6.45) is -0.763. The third-order valence-electron chi connectivity index (χ3n) is 2.95. The van der Waals surface area contributed by atoms with Gasteiger partial charge >= 0.3 is 0 Å². The topological polar surface area (TPSA) is 29.5 Å². The molecule has 19 heavy (non-hydrogen) atoms. The fourth-order valence-corrected chi connectivity index (χ4v) is 1.77. The van der Waals surface area contributed by atoms with Crippen LogP contribution in [0.2, 0.25) is 0 Å². The van der Waals surface area contributed by atoms with Crippen molar-refractivity contribution in [2.45, 2.75) is 20.0 Å². The molecule has 1 unspecified atom stereocenters. The largest absolute Gasteiger partial charge is 0.487 e. The van der Waals surface area contributed by atoms with Gasteiger partial charge in [-0.2, -0.15) is 0 Å². The molecule has 2 aromatic rings. The maximum Gasteiger partial charge on any atom is 0.165 e. The van der Waals surface area contributed by atoms with Gasteiger partial charge in [0, 0.05) is 0 Å². The Morgan fingerprint density at radius 2 is 1.68 bits per heavy atom. The highest BCUT2D eigenvalue weighted by atomic mass is 19.1. The first-order valence-electron chi connectivity index (χ1n) is 6.20. The van der Waals surface area contributed by atoms with Crippen molar-refractivity contribution in [2.24, 2.45) is 0 Å². The molecule has 2 nitrogen and oxygen atoms in total. The lowest BCUT2D eigenvalue weighted by atomic mass is 10.1. The first-order chi connectivity index (χ1) is 9.06. The summed E-state index contributed by atoms with van der Waals surface area (Å²) in [4.78, 5) is 0. The summed E-state index contributed by atoms with van der Waals surface area (Å²) in [5, 5.41) is 9.99. The molecular formula is C16H17FO2. The summed E-state index contributed by atoms with van der Waals surface area (Å²) in [7, 11) is 0. The van der Waals surface area contributed by atoms with Crippen molar-refractivity contribution in [1.29, 1.82) is 0 Å². The second-order valence-corrected chi connectivity index (χ2v) is 4.67. The van der Waals surface area contributed by atoms with Gasteiger partial charge in [-0.25, -0.2) is 4.39 Å². The van der Waals surface area contributed by atoms with Gasteiger partial charge in [-0.1, -0.05) is 35.9 Å². The minimum Gasteiger partial charge on any atom is -0.487 e. The summed E-state index contributed by atoms with van der Waals surface area (Å²) in [5.41, 5.74) is 2.81. The standard InChI is InChI=1S/C16H17FO2/c1-11-3-6-13(7-4-11)15(18)10-19-16-9-12(2)5-8-14(16)17/h3-9,15,18H,10H2,1-2H3. The number of aliphatic hydroxyl groups excluding tert-OH is 1. The predicted molar refractivity (Wildman–Crippen MR) is 72.8 cm³/mol. The highest BCUT2D eigenvalue weighted by molar-refractivity contribution is 5.30. The average molecular weight is 260 g/mol. The molecule has 0 saturated carbocycles. The summed E-state index contributed by atoms with van der Waals surface area (Å²) in [5.74, 6) is -0.243. The molecule has 0 aliphatic carbocycles. The lowest BCUT2D eigenvalue weighted by molar-refractivity contribution is 0.106. The van der Waals surface area contributed by atoms with Gasteiger partial charge in [0.05, 0.1) is 0 Å². The van der Waals surface area contributed by atoms with Gasteiger partial charge in [-0.3, -0.25) is 0 Å². The summed E-state index contributed by atoms with van der Waals surface area (Å²) >= 11 is 0. The molecular weight excluding hydrogens is 243 g/mol. The Morgan fingerprint density at radius 3 is 2.37 bits per heavy atom. The van der Waals surface area contributed by atoms with Gasteiger partial charge in [0.2, 0.25) is 0 Å². The minimum absolute atomic E-state index is 0.0312. The lowest BCUT2D eigenvalue weighted by Crippen LogP contribution is -2.10. The molecule has 0 saturated heterocycles. The zero-order valence-electron chi connectivity index (χ0n) is 11.1. The van der Waals surface area contributed by atoms with Gasteiger partial charge in [0.25, 0.3) is 0 Å². The fourth-order valence-electron chi connectivity index (χ4n) is 1.77. The van der Waals surface area contributed by atoms with Gasteiger partial charge in [-0.15, -0.1) is 0 Å². The number of aliphatic hydroxyl groups is 1. The van der Waals surface area contributed by atoms with E-state index in [0.29, 0.717) is 0 Å². The van der Waals surface area contributed by atoms with Crippen LogP contribution in [0.5, 0.6) is 5.75 Å². The van der Waals surface area contributed by atoms with Gasteiger partial charge < -0.3 is 9.84 Å². The molecule has 0 bridgehead atoms. The highest BCUT2D eigenvalue weighted by Gasteiger charge is 2.10. The Kier molecular flexibility index (Phi) is 4.17. The Hall–Kier alpha value is -1.87. The molecule has 0 radical (unpaired) electrons. The van der Waals surface area contributed by atoms with E-state index in [1.807, 2.05) is 38.1 Å². The van der Waals surface area contributed by atoms with Crippen molar-refractivity contribution in [3.05, 3.63) is 65.0 Å². The van der Waals surface area contributed by atoms with E-state index < -0.39 is 11.9 Å². The van der Waals surface area contributed by atoms with E-state index in [4.69, 9.17) is 4.74 Å². The van der Waals surface area contributed by atoms with Crippen LogP contribution >= 0.6 is 0 Å². The lowest BCUT2D eigenvalue weighted by Gasteiger charge is -2.13. The Morgan fingerprint density at radius 1 is 1.05 bits per heavy atom. The SMILES string of the molecule is Cc1ccc(C(O)COc2cc(C)ccc2F)cc1. The number of benzene rings is 2. The summed E-state index contributed by atoms with van der Waals surface area (Å²) in [6.45, 7) is 3.88. The van der Waals surface area contributed by atoms with Crippen molar-refractivity contribution < 1.29 is 14.2 Å². The first kappa shape index (κ1) is 13.6. The second-order valence-electron chi connectivity index (χ2n) is 4.67. The van der Waals surface area contributed by atoms with E-state index in [1.165, 1.54) is 6.07 Å². The van der Waals surface area contributed by atoms with Crippen LogP contribution in [-0.4, -0.2) is 11.7 Å². The quantitative estimate of drug-likeness (QED) is 0.910. The third kappa shape index (κ3) is 3.55. The highest BCUT2D eigenvalue weighted by Crippen LogP contribution is 2.21. The van der Waals surface area contributed by atoms with Crippen LogP contribution in [0.1, 0.15) is 22.8 Å². The Balaban J connectivity index is 2.02. The van der Waals surface area contributed by atoms with Crippen LogP contribution in [0, 0.1) is 19.7 Å². The molecule has 1 N–H and O–H groups in total. The van der Waals surface area contributed by atoms with Crippen molar-refractivity contribution in [3.63, 3.8) is 0 Å². The van der Waals surface area contributed by atoms with Crippen LogP contribution in [0.15, 0.2) is 42.5 Å². The van der Waals surface area contributed by atoms with Gasteiger partial charge in [0.1, 0.15) is 12.7 Å². The number of halogens is 1. The normalized spacial score (nSPS) is 12.2. The fraction of sp³-hybridized carbons (Fsp3) is 0.250. The zero-order chi connectivity index (χ0) is 13.8. The molecule has 0 fully saturated rings. The molecule has 3 heteroatoms. The number of hydrogen-bond acceptors (Lipinski definition) is 2. The molecule has 2 rings (SSSR count). The van der Waals surface area contributed by atoms with Crippen molar-refractivity contribution in [1.82, 2.24) is 0 Å². The van der Waals surface area contributed by atoms with Gasteiger partial charge in [0.15, 0.2) is 11.6 Å². The van der Waals surface area contributed by atoms with E-state index in [9.17, 15) is 9.50 Å². The van der Waals surface area contributed by atoms with E-state index in [0.717, 1.165) is 16.7 Å². The minimum atomic E-state index is -0.763. The molecule has 0 heterocycles. The van der Waals surface area contributed by atoms with E-state index >= 15 is 0 Å². The maximum atomic E-state index is 13.5. The average Bonchev–Trinajstić information content (AvgIpc) is 2.40. The Bertz CT molecular complexity index is 549. The second kappa shape index (κ2) is 5.85. The Labute approximate surface area is 112 Å². The van der Waals surface area contributed by atoms with E-state index in [-0.39, 0.29) is 12.4 Å². The summed E-state index contributed by atoms with van der Waals surface area (Å²) in [6, 6.07) is 12.2. The van der Waals surface area contributed by atoms with Crippen LogP contribution in [0.25, 0.3) is 0 Å². The number of rotatable bonds is 4. The van der Waals surface area contributed by atoms with Crippen LogP contribution < -0.4 is 4.74 Å². The molecule has 0 aromatic heterocycles. The van der Waals surface area contributed by atoms with Crippen molar-refractivity contribution in [2.75, 3.05) is 6.61 Å². The molecule has 0 aliphatic heterocycles. The monoisotopic (exact) mass is 260 g/mol. The molecule has 2 aromatic carbocycles. The van der Waals surface area contributed by atoms with Crippen LogP contribution in [0.4, 0.5) is 4.39 Å². The molecule has 100 valence electrons. The predicted octanol–water partition coefficient (Wildman–Crippen LogP) is 3.55. The molecule has 0 amide bonds. The number of ether oxygens (including phenoxy) is 1. The molecule has 0 spiro atoms. The number of hydrogen-bond donors (Lipinski definition) is 1. The number of aryl methyl sites for hydroxylation is 2. The smallest absolute Gasteiger partial charge is 0.165 e. The third-order valence-corrected chi connectivity index (χ3v) is 2.95. The zero-order valence-corrected chi connectivity index (χ0v) is 11.1.